The minimum absolute atomic E-state index is 0.00416. The molecule has 4 heterocycles. The number of fused-ring (bicyclic) bond motifs is 10. The van der Waals surface area contributed by atoms with Crippen molar-refractivity contribution in [1.29, 1.82) is 0 Å². The Kier molecular flexibility index (Phi) is 8.57. The zero-order chi connectivity index (χ0) is 42.2. The van der Waals surface area contributed by atoms with Crippen LogP contribution in [-0.4, -0.2) is 98.0 Å². The van der Waals surface area contributed by atoms with Crippen molar-refractivity contribution in [3.05, 3.63) is 97.1 Å². The van der Waals surface area contributed by atoms with Crippen molar-refractivity contribution >= 4 is 208 Å². The van der Waals surface area contributed by atoms with E-state index < -0.39 is 0 Å². The maximum absolute atomic E-state index is 6.84. The Labute approximate surface area is 367 Å². The van der Waals surface area contributed by atoms with Crippen molar-refractivity contribution in [2.45, 2.75) is 0 Å². The highest BCUT2D eigenvalue weighted by atomic mass is 32.1. The smallest absolute Gasteiger partial charge is 0.164 e. The molecule has 0 aliphatic carbocycles. The number of nitrogens with zero attached hydrogens (tertiary/aromatic N) is 4. The zero-order valence-electron chi connectivity index (χ0n) is 32.1. The zero-order valence-corrected chi connectivity index (χ0v) is 32.9. The molecule has 258 valence electrons. The van der Waals surface area contributed by atoms with Crippen LogP contribution in [0.3, 0.4) is 0 Å². The third-order valence-corrected chi connectivity index (χ3v) is 12.8. The second-order valence-electron chi connectivity index (χ2n) is 14.9. The fourth-order valence-electron chi connectivity index (χ4n) is 8.59. The molecular weight excluding hydrogens is 753 g/mol. The first-order valence-electron chi connectivity index (χ1n) is 19.0. The Morgan fingerprint density at radius 1 is 0.426 bits per heavy atom. The van der Waals surface area contributed by atoms with E-state index in [1.807, 2.05) is 30.3 Å². The Morgan fingerprint density at radius 2 is 0.967 bits per heavy atom. The monoisotopic (exact) mass is 770 g/mol. The van der Waals surface area contributed by atoms with Crippen LogP contribution in [0.5, 0.6) is 0 Å². The van der Waals surface area contributed by atoms with Gasteiger partial charge in [-0.3, -0.25) is 0 Å². The molecule has 0 saturated heterocycles. The van der Waals surface area contributed by atoms with Gasteiger partial charge in [-0.2, -0.15) is 0 Å². The SMILES string of the molecule is [B]c1c([B])c([B])c(-c2nc(-c3c([B])c([B])c([B])c([B])c3[B])nc(-c3cccc4oc5c(-n6c7ccccc7c7c8sc9ccccc9c8ccc76)cccc5c34)n2)c([B])c1[B]. The van der Waals surface area contributed by atoms with E-state index in [9.17, 15) is 0 Å². The number of thiophene rings is 1. The van der Waals surface area contributed by atoms with Gasteiger partial charge in [0.1, 0.15) is 84.0 Å². The summed E-state index contributed by atoms with van der Waals surface area (Å²) in [4.78, 5) is 14.7. The lowest BCUT2D eigenvalue weighted by atomic mass is 9.60. The molecule has 61 heavy (non-hydrogen) atoms. The summed E-state index contributed by atoms with van der Waals surface area (Å²) < 4.78 is 11.6. The lowest BCUT2D eigenvalue weighted by Crippen LogP contribution is -2.55. The topological polar surface area (TPSA) is 56.7 Å². The van der Waals surface area contributed by atoms with Gasteiger partial charge in [-0.15, -0.1) is 44.1 Å². The van der Waals surface area contributed by atoms with E-state index in [1.165, 1.54) is 25.6 Å². The van der Waals surface area contributed by atoms with Gasteiger partial charge in [0, 0.05) is 58.4 Å². The van der Waals surface area contributed by atoms with Gasteiger partial charge in [-0.25, -0.2) is 15.0 Å². The van der Waals surface area contributed by atoms with Crippen molar-refractivity contribution in [2.24, 2.45) is 0 Å². The average Bonchev–Trinajstić information content (AvgIpc) is 3.96. The van der Waals surface area contributed by atoms with Crippen LogP contribution in [0.2, 0.25) is 0 Å². The summed E-state index contributed by atoms with van der Waals surface area (Å²) in [6, 6.07) is 33.1. The summed E-state index contributed by atoms with van der Waals surface area (Å²) in [6.45, 7) is 0. The first kappa shape index (κ1) is 38.0. The third kappa shape index (κ3) is 5.37. The maximum Gasteiger partial charge on any atom is 0.164 e. The highest BCUT2D eigenvalue weighted by molar-refractivity contribution is 7.26. The molecule has 11 aromatic rings. The van der Waals surface area contributed by atoms with E-state index in [1.54, 1.807) is 11.3 Å². The van der Waals surface area contributed by atoms with Crippen LogP contribution in [0.15, 0.2) is 101 Å². The Balaban J connectivity index is 1.20. The standard InChI is InChI=1S/C45H16B10N4OS/c46-31-29(32(47)36(51)39(54)35(31)50)44-56-43(57-45(58-44)30-33(48)37(52)40(55)38(53)34(30)49)21-10-6-13-25-27(21)20-9-5-12-24(41(20)60-25)59-22-11-3-1-8-19(22)28-23(59)16-15-18-17-7-2-4-14-26(17)61-42(18)28/h1-16H. The minimum Gasteiger partial charge on any atom is -0.454 e. The molecule has 0 aliphatic heterocycles. The second kappa shape index (κ2) is 13.8. The summed E-state index contributed by atoms with van der Waals surface area (Å²) >= 11 is 1.80. The van der Waals surface area contributed by atoms with Gasteiger partial charge in [0.25, 0.3) is 0 Å². The van der Waals surface area contributed by atoms with Crippen LogP contribution < -0.4 is 54.6 Å². The molecule has 0 spiro atoms. The first-order valence-corrected chi connectivity index (χ1v) is 19.8. The van der Waals surface area contributed by atoms with Gasteiger partial charge in [-0.1, -0.05) is 88.6 Å². The van der Waals surface area contributed by atoms with Crippen LogP contribution in [0.1, 0.15) is 0 Å². The molecule has 0 fully saturated rings. The fraction of sp³-hybridized carbons (Fsp3) is 0. The van der Waals surface area contributed by atoms with Crippen molar-refractivity contribution in [3.63, 3.8) is 0 Å². The van der Waals surface area contributed by atoms with Gasteiger partial charge in [0.05, 0.1) is 16.7 Å². The largest absolute Gasteiger partial charge is 0.454 e. The molecule has 0 N–H and O–H groups in total. The average molecular weight is 769 g/mol. The van der Waals surface area contributed by atoms with E-state index in [0.29, 0.717) is 16.7 Å². The van der Waals surface area contributed by atoms with E-state index in [4.69, 9.17) is 97.8 Å². The molecular formula is C45H16B10N4OS. The molecule has 20 radical (unpaired) electrons. The second-order valence-corrected chi connectivity index (χ2v) is 16.0. The molecule has 0 unspecified atom stereocenters. The van der Waals surface area contributed by atoms with Crippen LogP contribution >= 0.6 is 11.3 Å². The highest BCUT2D eigenvalue weighted by Gasteiger charge is 2.25. The predicted octanol–water partition coefficient (Wildman–Crippen LogP) is 0.175. The van der Waals surface area contributed by atoms with E-state index >= 15 is 0 Å². The summed E-state index contributed by atoms with van der Waals surface area (Å²) in [5.41, 5.74) is 5.18. The van der Waals surface area contributed by atoms with Gasteiger partial charge in [0.15, 0.2) is 23.1 Å². The number of hydrogen-bond donors (Lipinski definition) is 0. The summed E-state index contributed by atoms with van der Waals surface area (Å²) in [5.74, 6) is 0.192. The first-order chi connectivity index (χ1) is 29.4. The van der Waals surface area contributed by atoms with Crippen LogP contribution in [0.25, 0.3) is 104 Å². The predicted molar refractivity (Wildman–Crippen MR) is 265 cm³/mol. The van der Waals surface area contributed by atoms with E-state index in [0.717, 1.165) is 32.9 Å². The Hall–Kier alpha value is -5.98. The van der Waals surface area contributed by atoms with Gasteiger partial charge in [0.2, 0.25) is 0 Å². The van der Waals surface area contributed by atoms with Crippen LogP contribution in [-0.2, 0) is 0 Å². The number of benzene rings is 7. The van der Waals surface area contributed by atoms with Crippen molar-refractivity contribution in [2.75, 3.05) is 0 Å². The molecule has 0 amide bonds. The van der Waals surface area contributed by atoms with E-state index in [-0.39, 0.29) is 83.2 Å². The molecule has 5 nitrogen and oxygen atoms in total. The molecule has 0 aliphatic rings. The summed E-state index contributed by atoms with van der Waals surface area (Å²) in [6.07, 6.45) is 0. The lowest BCUT2D eigenvalue weighted by Gasteiger charge is -2.22. The molecule has 16 heteroatoms. The molecule has 4 aromatic heterocycles. The van der Waals surface area contributed by atoms with Crippen LogP contribution in [0.4, 0.5) is 0 Å². The normalized spacial score (nSPS) is 11.9. The van der Waals surface area contributed by atoms with Crippen molar-refractivity contribution in [3.8, 4) is 39.9 Å². The number of aromatic nitrogens is 4. The Bertz CT molecular complexity index is 3600. The highest BCUT2D eigenvalue weighted by Crippen LogP contribution is 2.45. The molecule has 0 saturated carbocycles. The van der Waals surface area contributed by atoms with Crippen molar-refractivity contribution in [1.82, 2.24) is 19.5 Å². The minimum atomic E-state index is 0.00416. The molecule has 7 aromatic carbocycles. The van der Waals surface area contributed by atoms with E-state index in [2.05, 4.69) is 71.3 Å². The Morgan fingerprint density at radius 3 is 1.62 bits per heavy atom. The number of furan rings is 1. The van der Waals surface area contributed by atoms with Gasteiger partial charge >= 0.3 is 0 Å². The quantitative estimate of drug-likeness (QED) is 0.240. The fourth-order valence-corrected chi connectivity index (χ4v) is 9.85. The molecule has 11 rings (SSSR count). The van der Waals surface area contributed by atoms with Crippen molar-refractivity contribution < 1.29 is 4.42 Å². The summed E-state index contributed by atoms with van der Waals surface area (Å²) in [5, 5.41) is 6.31. The van der Waals surface area contributed by atoms with Gasteiger partial charge in [-0.05, 0) is 30.3 Å². The summed E-state index contributed by atoms with van der Waals surface area (Å²) in [7, 11) is 63.9. The lowest BCUT2D eigenvalue weighted by molar-refractivity contribution is 0.666. The number of rotatable bonds is 4. The maximum atomic E-state index is 6.84. The number of hydrogen-bond acceptors (Lipinski definition) is 5. The van der Waals surface area contributed by atoms with Crippen LogP contribution in [0, 0.1) is 0 Å². The third-order valence-electron chi connectivity index (χ3n) is 11.6. The van der Waals surface area contributed by atoms with Gasteiger partial charge < -0.3 is 8.98 Å². The molecule has 0 atom stereocenters. The molecule has 0 bridgehead atoms. The number of para-hydroxylation sites is 2.